The van der Waals surface area contributed by atoms with Crippen molar-refractivity contribution in [3.8, 4) is 5.75 Å². The van der Waals surface area contributed by atoms with Gasteiger partial charge in [0.25, 0.3) is 11.8 Å². The number of rotatable bonds is 9. The molecular weight excluding hydrogens is 544 g/mol. The van der Waals surface area contributed by atoms with Gasteiger partial charge >= 0.3 is 0 Å². The van der Waals surface area contributed by atoms with Crippen LogP contribution < -0.4 is 15.6 Å². The summed E-state index contributed by atoms with van der Waals surface area (Å²) >= 11 is 9.48. The number of benzene rings is 3. The van der Waals surface area contributed by atoms with Crippen LogP contribution in [0.2, 0.25) is 5.02 Å². The monoisotopic (exact) mass is 568 g/mol. The number of phenolic OH excluding ortho intramolecular Hbond substituents is 1. The van der Waals surface area contributed by atoms with Crippen molar-refractivity contribution in [3.63, 3.8) is 0 Å². The molecule has 0 saturated heterocycles. The molecule has 0 spiro atoms. The van der Waals surface area contributed by atoms with Crippen LogP contribution in [0.5, 0.6) is 5.75 Å². The summed E-state index contributed by atoms with van der Waals surface area (Å²) < 4.78 is 0.744. The number of phenols is 1. The Balaban J connectivity index is 1.87. The highest BCUT2D eigenvalue weighted by Gasteiger charge is 2.16. The summed E-state index contributed by atoms with van der Waals surface area (Å²) in [5.41, 5.74) is 4.78. The van der Waals surface area contributed by atoms with Gasteiger partial charge < -0.3 is 15.3 Å². The van der Waals surface area contributed by atoms with E-state index in [0.717, 1.165) is 23.2 Å². The molecule has 7 nitrogen and oxygen atoms in total. The predicted molar refractivity (Wildman–Crippen MR) is 148 cm³/mol. The zero-order chi connectivity index (χ0) is 26.1. The smallest absolute Gasteiger partial charge is 0.287 e. The van der Waals surface area contributed by atoms with Crippen LogP contribution in [-0.4, -0.2) is 36.2 Å². The number of anilines is 1. The number of hydrazone groups is 1. The largest absolute Gasteiger partial charge is 0.507 e. The molecule has 0 aromatic heterocycles. The highest BCUT2D eigenvalue weighted by Crippen LogP contribution is 2.20. The Morgan fingerprint density at radius 1 is 1.06 bits per heavy atom. The Kier molecular flexibility index (Phi) is 9.67. The molecule has 0 fully saturated rings. The van der Waals surface area contributed by atoms with Crippen molar-refractivity contribution < 1.29 is 14.7 Å². The molecule has 36 heavy (non-hydrogen) atoms. The van der Waals surface area contributed by atoms with E-state index in [1.807, 2.05) is 24.3 Å². The number of carbonyl (C=O) groups excluding carboxylic acids is 2. The number of amides is 2. The van der Waals surface area contributed by atoms with Gasteiger partial charge in [0.05, 0.1) is 16.8 Å². The van der Waals surface area contributed by atoms with Crippen LogP contribution in [0.1, 0.15) is 35.3 Å². The van der Waals surface area contributed by atoms with Gasteiger partial charge in [-0.15, -0.1) is 0 Å². The number of halogens is 2. The first-order valence-corrected chi connectivity index (χ1v) is 12.4. The molecule has 0 aliphatic carbocycles. The van der Waals surface area contributed by atoms with Crippen molar-refractivity contribution in [2.24, 2.45) is 5.10 Å². The number of aromatic hydroxyl groups is 1. The average molecular weight is 570 g/mol. The zero-order valence-corrected chi connectivity index (χ0v) is 22.2. The molecule has 0 unspecified atom stereocenters. The lowest BCUT2D eigenvalue weighted by Crippen LogP contribution is -2.33. The summed E-state index contributed by atoms with van der Waals surface area (Å²) in [6.07, 6.45) is 2.87. The van der Waals surface area contributed by atoms with Gasteiger partial charge in [-0.05, 0) is 68.0 Å². The van der Waals surface area contributed by atoms with Crippen LogP contribution >= 0.6 is 27.5 Å². The summed E-state index contributed by atoms with van der Waals surface area (Å²) in [6.45, 7) is 5.91. The van der Waals surface area contributed by atoms with Crippen LogP contribution in [0, 0.1) is 0 Å². The highest BCUT2D eigenvalue weighted by molar-refractivity contribution is 9.10. The summed E-state index contributed by atoms with van der Waals surface area (Å²) in [4.78, 5) is 28.1. The minimum absolute atomic E-state index is 0.00674. The van der Waals surface area contributed by atoms with Crippen LogP contribution in [-0.2, 0) is 4.79 Å². The van der Waals surface area contributed by atoms with Gasteiger partial charge in [-0.3, -0.25) is 9.59 Å². The quantitative estimate of drug-likeness (QED) is 0.178. The van der Waals surface area contributed by atoms with Gasteiger partial charge in [-0.25, -0.2) is 5.43 Å². The Labute approximate surface area is 223 Å². The van der Waals surface area contributed by atoms with Crippen LogP contribution in [0.3, 0.4) is 0 Å². The molecular formula is C27H26BrClN4O3. The molecule has 0 heterocycles. The minimum Gasteiger partial charge on any atom is -0.507 e. The molecule has 0 radical (unpaired) electrons. The Bertz CT molecular complexity index is 1290. The van der Waals surface area contributed by atoms with Gasteiger partial charge in [0.15, 0.2) is 0 Å². The number of nitrogens with zero attached hydrogens (tertiary/aromatic N) is 2. The maximum Gasteiger partial charge on any atom is 0.287 e. The van der Waals surface area contributed by atoms with Gasteiger partial charge in [0.2, 0.25) is 0 Å². The van der Waals surface area contributed by atoms with Crippen molar-refractivity contribution in [1.29, 1.82) is 0 Å². The van der Waals surface area contributed by atoms with Gasteiger partial charge in [-0.2, -0.15) is 5.10 Å². The molecule has 186 valence electrons. The van der Waals surface area contributed by atoms with Crippen molar-refractivity contribution in [1.82, 2.24) is 10.7 Å². The minimum atomic E-state index is -0.644. The van der Waals surface area contributed by atoms with E-state index in [0.29, 0.717) is 11.1 Å². The Morgan fingerprint density at radius 3 is 2.42 bits per heavy atom. The van der Waals surface area contributed by atoms with Crippen molar-refractivity contribution in [2.45, 2.75) is 13.8 Å². The molecule has 0 aliphatic rings. The van der Waals surface area contributed by atoms with E-state index in [9.17, 15) is 14.7 Å². The molecule has 3 aromatic rings. The second kappa shape index (κ2) is 12.9. The summed E-state index contributed by atoms with van der Waals surface area (Å²) in [6, 6.07) is 19.1. The SMILES string of the molecule is CCN(CC)c1ccc(/C=C(\NC(=O)c2ccccc2Cl)C(=O)N/N=C/c2cc(Br)ccc2O)cc1. The zero-order valence-electron chi connectivity index (χ0n) is 19.8. The fourth-order valence-electron chi connectivity index (χ4n) is 3.38. The summed E-state index contributed by atoms with van der Waals surface area (Å²) in [7, 11) is 0. The predicted octanol–water partition coefficient (Wildman–Crippen LogP) is 5.58. The first-order chi connectivity index (χ1) is 17.3. The maximum atomic E-state index is 13.0. The lowest BCUT2D eigenvalue weighted by Gasteiger charge is -2.21. The standard InChI is InChI=1S/C27H26BrClN4O3/c1-3-33(4-2)21-12-9-18(10-13-21)15-24(31-26(35)22-7-5-6-8-23(22)29)27(36)32-30-17-19-16-20(28)11-14-25(19)34/h5-17,34H,3-4H2,1-2H3,(H,31,35)(H,32,36)/b24-15-,30-17+. The lowest BCUT2D eigenvalue weighted by molar-refractivity contribution is -0.117. The molecule has 3 rings (SSSR count). The highest BCUT2D eigenvalue weighted by atomic mass is 79.9. The van der Waals surface area contributed by atoms with Crippen molar-refractivity contribution >= 4 is 57.3 Å². The first kappa shape index (κ1) is 27.0. The molecule has 0 atom stereocenters. The molecule has 2 amide bonds. The first-order valence-electron chi connectivity index (χ1n) is 11.3. The van der Waals surface area contributed by atoms with E-state index in [4.69, 9.17) is 11.6 Å². The molecule has 9 heteroatoms. The third kappa shape index (κ3) is 7.19. The van der Waals surface area contributed by atoms with Crippen LogP contribution in [0.15, 0.2) is 82.0 Å². The van der Waals surface area contributed by atoms with Crippen LogP contribution in [0.4, 0.5) is 5.69 Å². The molecule has 0 saturated carbocycles. The Hall–Kier alpha value is -3.62. The van der Waals surface area contributed by atoms with E-state index in [1.165, 1.54) is 12.3 Å². The van der Waals surface area contributed by atoms with Crippen LogP contribution in [0.25, 0.3) is 6.08 Å². The molecule has 3 N–H and O–H groups in total. The normalized spacial score (nSPS) is 11.4. The molecule has 0 aliphatic heterocycles. The van der Waals surface area contributed by atoms with E-state index in [1.54, 1.807) is 42.5 Å². The van der Waals surface area contributed by atoms with Crippen molar-refractivity contribution in [3.05, 3.63) is 98.6 Å². The molecule has 0 bridgehead atoms. The van der Waals surface area contributed by atoms with E-state index >= 15 is 0 Å². The van der Waals surface area contributed by atoms with E-state index in [-0.39, 0.29) is 22.0 Å². The second-order valence-corrected chi connectivity index (χ2v) is 8.98. The van der Waals surface area contributed by atoms with E-state index in [2.05, 4.69) is 50.5 Å². The fourth-order valence-corrected chi connectivity index (χ4v) is 3.98. The fraction of sp³-hybridized carbons (Fsp3) is 0.148. The second-order valence-electron chi connectivity index (χ2n) is 7.66. The summed E-state index contributed by atoms with van der Waals surface area (Å²) in [5, 5.41) is 16.8. The number of hydrogen-bond donors (Lipinski definition) is 3. The number of nitrogens with one attached hydrogen (secondary N) is 2. The van der Waals surface area contributed by atoms with Gasteiger partial charge in [0.1, 0.15) is 11.4 Å². The van der Waals surface area contributed by atoms with Gasteiger partial charge in [-0.1, -0.05) is 51.8 Å². The Morgan fingerprint density at radius 2 is 1.75 bits per heavy atom. The maximum absolute atomic E-state index is 13.0. The van der Waals surface area contributed by atoms with E-state index < -0.39 is 11.8 Å². The average Bonchev–Trinajstić information content (AvgIpc) is 2.87. The van der Waals surface area contributed by atoms with Gasteiger partial charge in [0, 0.05) is 28.8 Å². The third-order valence-corrected chi connectivity index (χ3v) is 6.13. The topological polar surface area (TPSA) is 94.0 Å². The van der Waals surface area contributed by atoms with Crippen molar-refractivity contribution in [2.75, 3.05) is 18.0 Å². The molecule has 3 aromatic carbocycles. The summed E-state index contributed by atoms with van der Waals surface area (Å²) in [5.74, 6) is -1.17. The lowest BCUT2D eigenvalue weighted by atomic mass is 10.1. The third-order valence-electron chi connectivity index (χ3n) is 5.30. The number of carbonyl (C=O) groups is 2. The number of hydrogen-bond acceptors (Lipinski definition) is 5.